The number of hydrogen-bond donors (Lipinski definition) is 1. The molecule has 0 aromatic heterocycles. The second-order valence-electron chi connectivity index (χ2n) is 5.33. The molecule has 0 unspecified atom stereocenters. The fourth-order valence-electron chi connectivity index (χ4n) is 2.15. The Bertz CT molecular complexity index is 608. The minimum Gasteiger partial charge on any atom is -0.310 e. The molecule has 1 nitrogen and oxygen atoms in total. The Morgan fingerprint density at radius 1 is 1.20 bits per heavy atom. The Hall–Kier alpha value is -0.770. The lowest BCUT2D eigenvalue weighted by Crippen LogP contribution is -2.15. The van der Waals surface area contributed by atoms with Crippen molar-refractivity contribution in [1.29, 1.82) is 0 Å². The molecule has 0 bridgehead atoms. The summed E-state index contributed by atoms with van der Waals surface area (Å²) in [6, 6.07) is 16.0. The smallest absolute Gasteiger partial charge is 0.0219 e. The third-order valence-electron chi connectivity index (χ3n) is 3.40. The van der Waals surface area contributed by atoms with Gasteiger partial charge >= 0.3 is 0 Å². The van der Waals surface area contributed by atoms with Crippen molar-refractivity contribution in [2.75, 3.05) is 0 Å². The van der Waals surface area contributed by atoms with E-state index in [1.807, 2.05) is 11.8 Å². The highest BCUT2D eigenvalue weighted by atomic mass is 79.9. The van der Waals surface area contributed by atoms with E-state index in [2.05, 4.69) is 70.6 Å². The van der Waals surface area contributed by atoms with Crippen molar-refractivity contribution in [3.05, 3.63) is 58.1 Å². The van der Waals surface area contributed by atoms with Gasteiger partial charge in [0.25, 0.3) is 0 Å². The predicted octanol–water partition coefficient (Wildman–Crippen LogP) is 5.16. The molecule has 0 atom stereocenters. The third kappa shape index (κ3) is 3.87. The summed E-state index contributed by atoms with van der Waals surface area (Å²) in [5.74, 6) is 0. The van der Waals surface area contributed by atoms with Crippen LogP contribution in [0, 0.1) is 6.92 Å². The number of benzene rings is 2. The number of rotatable bonds is 5. The first-order valence-corrected chi connectivity index (χ1v) is 8.58. The first-order chi connectivity index (χ1) is 9.70. The van der Waals surface area contributed by atoms with E-state index in [9.17, 15) is 0 Å². The molecule has 0 amide bonds. The molecule has 2 aromatic carbocycles. The molecule has 0 heterocycles. The Kier molecular flexibility index (Phi) is 4.49. The summed E-state index contributed by atoms with van der Waals surface area (Å²) in [4.78, 5) is 2.62. The van der Waals surface area contributed by atoms with Gasteiger partial charge < -0.3 is 5.32 Å². The lowest BCUT2D eigenvalue weighted by Gasteiger charge is -2.11. The van der Waals surface area contributed by atoms with Gasteiger partial charge in [0.1, 0.15) is 0 Å². The molecular formula is C17H18BrNS. The summed E-state index contributed by atoms with van der Waals surface area (Å²) in [6.45, 7) is 3.14. The van der Waals surface area contributed by atoms with E-state index in [4.69, 9.17) is 0 Å². The molecule has 0 saturated heterocycles. The van der Waals surface area contributed by atoms with Gasteiger partial charge in [0.15, 0.2) is 0 Å². The summed E-state index contributed by atoms with van der Waals surface area (Å²) < 4.78 is 1.13. The summed E-state index contributed by atoms with van der Waals surface area (Å²) in [5.41, 5.74) is 2.73. The molecule has 3 heteroatoms. The number of halogens is 1. The van der Waals surface area contributed by atoms with Gasteiger partial charge in [-0.2, -0.15) is 0 Å². The second-order valence-corrected chi connectivity index (χ2v) is 7.36. The quantitative estimate of drug-likeness (QED) is 0.801. The van der Waals surface area contributed by atoms with Gasteiger partial charge in [0, 0.05) is 26.9 Å². The molecule has 1 saturated carbocycles. The average molecular weight is 348 g/mol. The van der Waals surface area contributed by atoms with Crippen LogP contribution < -0.4 is 5.32 Å². The molecule has 0 aliphatic heterocycles. The van der Waals surface area contributed by atoms with E-state index in [0.29, 0.717) is 0 Å². The normalized spacial score (nSPS) is 14.5. The minimum absolute atomic E-state index is 0.749. The van der Waals surface area contributed by atoms with Crippen LogP contribution in [0.4, 0.5) is 0 Å². The van der Waals surface area contributed by atoms with Crippen molar-refractivity contribution in [1.82, 2.24) is 5.32 Å². The van der Waals surface area contributed by atoms with Gasteiger partial charge in [-0.05, 0) is 49.6 Å². The van der Waals surface area contributed by atoms with Gasteiger partial charge in [-0.1, -0.05) is 51.5 Å². The molecule has 2 aromatic rings. The van der Waals surface area contributed by atoms with E-state index in [-0.39, 0.29) is 0 Å². The van der Waals surface area contributed by atoms with Gasteiger partial charge in [-0.15, -0.1) is 0 Å². The van der Waals surface area contributed by atoms with Crippen LogP contribution >= 0.6 is 27.7 Å². The van der Waals surface area contributed by atoms with Crippen LogP contribution in [0.15, 0.2) is 56.7 Å². The lowest BCUT2D eigenvalue weighted by atomic mass is 10.1. The molecule has 1 aliphatic carbocycles. The summed E-state index contributed by atoms with van der Waals surface area (Å²) in [5, 5.41) is 3.62. The maximum atomic E-state index is 3.62. The van der Waals surface area contributed by atoms with Crippen LogP contribution in [-0.4, -0.2) is 6.04 Å². The topological polar surface area (TPSA) is 12.0 Å². The summed E-state index contributed by atoms with van der Waals surface area (Å²) in [7, 11) is 0. The maximum absolute atomic E-state index is 3.62. The highest BCUT2D eigenvalue weighted by Crippen LogP contribution is 2.33. The molecule has 104 valence electrons. The van der Waals surface area contributed by atoms with Crippen LogP contribution in [0.2, 0.25) is 0 Å². The van der Waals surface area contributed by atoms with E-state index in [1.165, 1.54) is 33.8 Å². The third-order valence-corrected chi connectivity index (χ3v) is 5.00. The number of aryl methyl sites for hydroxylation is 1. The van der Waals surface area contributed by atoms with Gasteiger partial charge in [0.05, 0.1) is 0 Å². The van der Waals surface area contributed by atoms with Crippen molar-refractivity contribution in [2.45, 2.75) is 42.1 Å². The van der Waals surface area contributed by atoms with Crippen molar-refractivity contribution in [2.24, 2.45) is 0 Å². The van der Waals surface area contributed by atoms with Gasteiger partial charge in [-0.3, -0.25) is 0 Å². The summed E-state index contributed by atoms with van der Waals surface area (Å²) >= 11 is 5.38. The molecule has 0 spiro atoms. The Morgan fingerprint density at radius 3 is 2.80 bits per heavy atom. The second kappa shape index (κ2) is 6.33. The molecule has 3 rings (SSSR count). The van der Waals surface area contributed by atoms with E-state index >= 15 is 0 Å². The first kappa shape index (κ1) is 14.2. The van der Waals surface area contributed by atoms with Gasteiger partial charge in [0.2, 0.25) is 0 Å². The van der Waals surface area contributed by atoms with Crippen LogP contribution in [-0.2, 0) is 6.54 Å². The van der Waals surface area contributed by atoms with E-state index in [1.54, 1.807) is 0 Å². The van der Waals surface area contributed by atoms with Gasteiger partial charge in [-0.25, -0.2) is 0 Å². The Balaban J connectivity index is 1.79. The van der Waals surface area contributed by atoms with Crippen LogP contribution in [0.25, 0.3) is 0 Å². The zero-order chi connectivity index (χ0) is 13.9. The lowest BCUT2D eigenvalue weighted by molar-refractivity contribution is 0.680. The molecule has 1 fully saturated rings. The van der Waals surface area contributed by atoms with Crippen molar-refractivity contribution >= 4 is 27.7 Å². The largest absolute Gasteiger partial charge is 0.310 e. The van der Waals surface area contributed by atoms with Crippen molar-refractivity contribution in [3.63, 3.8) is 0 Å². The standard InChI is InChI=1S/C17H18BrNS/c1-12-5-8-17(13(9-12)11-19-15-6-7-15)20-16-4-2-3-14(18)10-16/h2-5,8-10,15,19H,6-7,11H2,1H3. The van der Waals surface area contributed by atoms with Crippen LogP contribution in [0.1, 0.15) is 24.0 Å². The highest BCUT2D eigenvalue weighted by molar-refractivity contribution is 9.10. The Morgan fingerprint density at radius 2 is 2.05 bits per heavy atom. The molecule has 0 radical (unpaired) electrons. The van der Waals surface area contributed by atoms with Crippen molar-refractivity contribution in [3.8, 4) is 0 Å². The monoisotopic (exact) mass is 347 g/mol. The average Bonchev–Trinajstić information content (AvgIpc) is 3.23. The Labute approximate surface area is 133 Å². The first-order valence-electron chi connectivity index (χ1n) is 6.97. The van der Waals surface area contributed by atoms with E-state index < -0.39 is 0 Å². The zero-order valence-electron chi connectivity index (χ0n) is 11.5. The minimum atomic E-state index is 0.749. The molecular weight excluding hydrogens is 330 g/mol. The molecule has 20 heavy (non-hydrogen) atoms. The highest BCUT2D eigenvalue weighted by Gasteiger charge is 2.20. The summed E-state index contributed by atoms with van der Waals surface area (Å²) in [6.07, 6.45) is 2.67. The fourth-order valence-corrected chi connectivity index (χ4v) is 3.68. The number of nitrogens with one attached hydrogen (secondary N) is 1. The number of hydrogen-bond acceptors (Lipinski definition) is 2. The SMILES string of the molecule is Cc1ccc(Sc2cccc(Br)c2)c(CNC2CC2)c1. The van der Waals surface area contributed by atoms with Crippen LogP contribution in [0.3, 0.4) is 0 Å². The molecule has 1 N–H and O–H groups in total. The fraction of sp³-hybridized carbons (Fsp3) is 0.294. The molecule has 1 aliphatic rings. The maximum Gasteiger partial charge on any atom is 0.0219 e. The van der Waals surface area contributed by atoms with Crippen LogP contribution in [0.5, 0.6) is 0 Å². The van der Waals surface area contributed by atoms with Crippen molar-refractivity contribution < 1.29 is 0 Å². The predicted molar refractivity (Wildman–Crippen MR) is 89.3 cm³/mol. The van der Waals surface area contributed by atoms with E-state index in [0.717, 1.165) is 17.1 Å². The zero-order valence-corrected chi connectivity index (χ0v) is 13.9.